The smallest absolute Gasteiger partial charge is 0.451 e. The van der Waals surface area contributed by atoms with Gasteiger partial charge in [0.1, 0.15) is 5.54 Å². The highest BCUT2D eigenvalue weighted by atomic mass is 35.5. The highest BCUT2D eigenvalue weighted by Crippen LogP contribution is 2.26. The first-order valence-corrected chi connectivity index (χ1v) is 10.6. The van der Waals surface area contributed by atoms with Crippen LogP contribution >= 0.6 is 11.6 Å². The fourth-order valence-corrected chi connectivity index (χ4v) is 3.98. The lowest BCUT2D eigenvalue weighted by Gasteiger charge is -2.39. The molecule has 1 fully saturated rings. The lowest BCUT2D eigenvalue weighted by molar-refractivity contribution is -0.144. The molecule has 0 saturated carbocycles. The molecule has 5 N–H and O–H groups in total. The second-order valence-corrected chi connectivity index (χ2v) is 8.55. The van der Waals surface area contributed by atoms with Gasteiger partial charge in [0.2, 0.25) is 0 Å². The van der Waals surface area contributed by atoms with Crippen LogP contribution in [-0.4, -0.2) is 64.1 Å². The van der Waals surface area contributed by atoms with Crippen molar-refractivity contribution in [1.82, 2.24) is 4.90 Å². The molecule has 2 rings (SSSR count). The average Bonchev–Trinajstić information content (AvgIpc) is 2.64. The minimum absolute atomic E-state index is 0.0176. The fraction of sp³-hybridized carbons (Fsp3) is 0.600. The van der Waals surface area contributed by atoms with Gasteiger partial charge < -0.3 is 25.8 Å². The summed E-state index contributed by atoms with van der Waals surface area (Å²) in [6.45, 7) is 2.08. The van der Waals surface area contributed by atoms with Gasteiger partial charge in [-0.3, -0.25) is 9.59 Å². The Kier molecular flexibility index (Phi) is 9.24. The van der Waals surface area contributed by atoms with Gasteiger partial charge in [0.25, 0.3) is 0 Å². The van der Waals surface area contributed by atoms with E-state index in [1.807, 2.05) is 0 Å². The van der Waals surface area contributed by atoms with E-state index in [1.165, 1.54) is 12.1 Å². The van der Waals surface area contributed by atoms with Crippen LogP contribution in [0.25, 0.3) is 0 Å². The summed E-state index contributed by atoms with van der Waals surface area (Å²) < 4.78 is 13.9. The number of aliphatic carboxylic acids is 1. The summed E-state index contributed by atoms with van der Waals surface area (Å²) in [5.41, 5.74) is 4.74. The second-order valence-electron chi connectivity index (χ2n) is 8.15. The van der Waals surface area contributed by atoms with E-state index in [0.29, 0.717) is 45.3 Å². The van der Waals surface area contributed by atoms with Gasteiger partial charge in [0, 0.05) is 19.5 Å². The summed E-state index contributed by atoms with van der Waals surface area (Å²) in [4.78, 5) is 26.0. The largest absolute Gasteiger partial charge is 0.480 e. The van der Waals surface area contributed by atoms with Crippen LogP contribution in [0.3, 0.4) is 0 Å². The molecule has 1 atom stereocenters. The number of halogens is 2. The van der Waals surface area contributed by atoms with Crippen LogP contribution in [-0.2, 0) is 4.79 Å². The molecule has 1 aliphatic rings. The quantitative estimate of drug-likeness (QED) is 0.210. The summed E-state index contributed by atoms with van der Waals surface area (Å²) in [6.07, 6.45) is 2.65. The summed E-state index contributed by atoms with van der Waals surface area (Å²) in [5.74, 6) is -1.85. The zero-order chi connectivity index (χ0) is 22.3. The minimum atomic E-state index is -1.39. The number of benzene rings is 1. The predicted molar refractivity (Wildman–Crippen MR) is 113 cm³/mol. The molecular weight excluding hydrogens is 413 g/mol. The van der Waals surface area contributed by atoms with E-state index < -0.39 is 24.4 Å². The highest BCUT2D eigenvalue weighted by Gasteiger charge is 2.34. The summed E-state index contributed by atoms with van der Waals surface area (Å²) in [7, 11) is -1.39. The van der Waals surface area contributed by atoms with Crippen LogP contribution in [0.4, 0.5) is 4.39 Å². The van der Waals surface area contributed by atoms with Crippen LogP contribution in [0.5, 0.6) is 0 Å². The van der Waals surface area contributed by atoms with E-state index in [9.17, 15) is 19.1 Å². The normalized spacial score (nSPS) is 16.7. The summed E-state index contributed by atoms with van der Waals surface area (Å²) in [6, 6.07) is 4.40. The van der Waals surface area contributed by atoms with Crippen molar-refractivity contribution in [3.8, 4) is 0 Å². The number of carboxylic acids is 1. The van der Waals surface area contributed by atoms with Gasteiger partial charge in [-0.1, -0.05) is 30.5 Å². The molecule has 1 aromatic carbocycles. The Balaban J connectivity index is 1.69. The molecule has 0 radical (unpaired) electrons. The number of carbonyl (C=O) groups is 2. The van der Waals surface area contributed by atoms with E-state index >= 15 is 0 Å². The molecule has 166 valence electrons. The number of nitrogens with two attached hydrogens (primary N) is 1. The number of Topliss-reactive ketones (excluding diaryl/α,β-unsaturated/α-hetero) is 1. The van der Waals surface area contributed by atoms with Gasteiger partial charge in [0.15, 0.2) is 11.6 Å². The predicted octanol–water partition coefficient (Wildman–Crippen LogP) is 2.19. The van der Waals surface area contributed by atoms with Gasteiger partial charge in [-0.25, -0.2) is 4.39 Å². The van der Waals surface area contributed by atoms with Gasteiger partial charge in [0.05, 0.1) is 10.6 Å². The van der Waals surface area contributed by atoms with Crippen molar-refractivity contribution in [2.75, 3.05) is 19.6 Å². The number of carboxylic acid groups (broad SMARTS) is 1. The molecule has 1 aromatic rings. The van der Waals surface area contributed by atoms with Gasteiger partial charge in [-0.2, -0.15) is 0 Å². The van der Waals surface area contributed by atoms with Gasteiger partial charge in [-0.15, -0.1) is 0 Å². The van der Waals surface area contributed by atoms with E-state index in [1.54, 1.807) is 6.07 Å². The molecule has 1 saturated heterocycles. The Morgan fingerprint density at radius 2 is 1.90 bits per heavy atom. The molecule has 1 unspecified atom stereocenters. The number of nitrogens with zero attached hydrogens (tertiary/aromatic N) is 1. The zero-order valence-corrected chi connectivity index (χ0v) is 17.7. The number of hydrogen-bond donors (Lipinski definition) is 4. The minimum Gasteiger partial charge on any atom is -0.480 e. The Morgan fingerprint density at radius 1 is 1.23 bits per heavy atom. The standard InChI is InChI=1S/C20H29BClFN2O5/c22-16-6-3-5-15(18(16)23)17(26)11-14-12-25(13-14)10-4-8-20(24,19(27)28)7-1-2-9-21(29)30/h3,5-6,14,29-30H,1-2,4,7-13,24H2,(H,27,28). The third-order valence-electron chi connectivity index (χ3n) is 5.62. The van der Waals surface area contributed by atoms with E-state index in [0.717, 1.165) is 0 Å². The molecule has 7 nitrogen and oxygen atoms in total. The topological polar surface area (TPSA) is 124 Å². The second kappa shape index (κ2) is 11.2. The first-order chi connectivity index (χ1) is 14.1. The lowest BCUT2D eigenvalue weighted by Crippen LogP contribution is -2.50. The highest BCUT2D eigenvalue weighted by molar-refractivity contribution is 6.40. The first-order valence-electron chi connectivity index (χ1n) is 10.2. The molecule has 0 aliphatic carbocycles. The summed E-state index contributed by atoms with van der Waals surface area (Å²) >= 11 is 5.73. The van der Waals surface area contributed by atoms with Crippen LogP contribution in [0.2, 0.25) is 11.3 Å². The Hall–Kier alpha value is -1.52. The van der Waals surface area contributed by atoms with Crippen molar-refractivity contribution in [3.05, 3.63) is 34.6 Å². The molecule has 10 heteroatoms. The first kappa shape index (κ1) is 24.8. The van der Waals surface area contributed by atoms with Crippen molar-refractivity contribution in [2.24, 2.45) is 11.7 Å². The maximum absolute atomic E-state index is 13.9. The number of hydrogen-bond acceptors (Lipinski definition) is 6. The average molecular weight is 443 g/mol. The molecule has 0 amide bonds. The Morgan fingerprint density at radius 3 is 2.53 bits per heavy atom. The molecule has 0 spiro atoms. The van der Waals surface area contributed by atoms with Crippen molar-refractivity contribution < 1.29 is 29.1 Å². The molecular formula is C20H29BClFN2O5. The number of carbonyl (C=O) groups excluding carboxylic acids is 1. The molecule has 1 aliphatic heterocycles. The number of unbranched alkanes of at least 4 members (excludes halogenated alkanes) is 1. The van der Waals surface area contributed by atoms with E-state index in [2.05, 4.69) is 4.90 Å². The van der Waals surface area contributed by atoms with Crippen molar-refractivity contribution >= 4 is 30.5 Å². The number of ketones is 1. The Bertz CT molecular complexity index is 748. The van der Waals surface area contributed by atoms with Crippen LogP contribution in [0, 0.1) is 11.7 Å². The van der Waals surface area contributed by atoms with Crippen LogP contribution in [0.15, 0.2) is 18.2 Å². The third-order valence-corrected chi connectivity index (χ3v) is 5.91. The van der Waals surface area contributed by atoms with E-state index in [-0.39, 0.29) is 41.4 Å². The SMILES string of the molecule is NC(CCCCB(O)O)(CCCN1CC(CC(=O)c2cccc(Cl)c2F)C1)C(=O)O. The van der Waals surface area contributed by atoms with Gasteiger partial charge in [-0.05, 0) is 50.2 Å². The Labute approximate surface area is 181 Å². The lowest BCUT2D eigenvalue weighted by atomic mass is 9.81. The van der Waals surface area contributed by atoms with Gasteiger partial charge >= 0.3 is 13.1 Å². The maximum Gasteiger partial charge on any atom is 0.451 e. The number of rotatable bonds is 13. The van der Waals surface area contributed by atoms with Crippen molar-refractivity contribution in [2.45, 2.75) is 50.4 Å². The molecule has 30 heavy (non-hydrogen) atoms. The fourth-order valence-electron chi connectivity index (χ4n) is 3.80. The van der Waals surface area contributed by atoms with Crippen LogP contribution in [0.1, 0.15) is 48.9 Å². The van der Waals surface area contributed by atoms with E-state index in [4.69, 9.17) is 27.4 Å². The maximum atomic E-state index is 13.9. The van der Waals surface area contributed by atoms with Crippen molar-refractivity contribution in [1.29, 1.82) is 0 Å². The van der Waals surface area contributed by atoms with Crippen molar-refractivity contribution in [3.63, 3.8) is 0 Å². The summed E-state index contributed by atoms with van der Waals surface area (Å²) in [5, 5.41) is 27.1. The molecule has 1 heterocycles. The zero-order valence-electron chi connectivity index (χ0n) is 16.9. The number of likely N-dealkylation sites (tertiary alicyclic amines) is 1. The monoisotopic (exact) mass is 442 g/mol. The van der Waals surface area contributed by atoms with Crippen LogP contribution < -0.4 is 5.73 Å². The molecule has 0 aromatic heterocycles. The third kappa shape index (κ3) is 7.02. The molecule has 0 bridgehead atoms.